The number of benzene rings is 1. The number of aliphatic imine (C=N–C) groups is 1. The van der Waals surface area contributed by atoms with E-state index in [2.05, 4.69) is 64.7 Å². The molecule has 0 saturated carbocycles. The zero-order valence-electron chi connectivity index (χ0n) is 16.1. The van der Waals surface area contributed by atoms with Gasteiger partial charge in [-0.15, -0.1) is 0 Å². The Morgan fingerprint density at radius 3 is 2.85 bits per heavy atom. The summed E-state index contributed by atoms with van der Waals surface area (Å²) < 4.78 is 0. The highest BCUT2D eigenvalue weighted by atomic mass is 15.1. The van der Waals surface area contributed by atoms with E-state index in [1.807, 2.05) is 30.6 Å². The average molecular weight is 359 g/mol. The molecule has 0 fully saturated rings. The number of nitrogens with one attached hydrogen (secondary N) is 2. The second kappa shape index (κ2) is 8.45. The smallest absolute Gasteiger partial charge is 0.206 e. The first-order valence-corrected chi connectivity index (χ1v) is 9.20. The van der Waals surface area contributed by atoms with Gasteiger partial charge in [0.15, 0.2) is 0 Å². The standard InChI is InChI=1S/C22H25N5/c1-5-16-10-11-24-21(12-16)27-22-25-19-9-8-18(13-20(19)26-22)15(4)17(6-2)14-23-7-3/h7-14H,3,5-6H2,1-2,4H3,(H2,24,25,26,27)/b17-15+,23-14-. The Kier molecular flexibility index (Phi) is 5.81. The van der Waals surface area contributed by atoms with E-state index in [0.29, 0.717) is 5.95 Å². The van der Waals surface area contributed by atoms with E-state index < -0.39 is 0 Å². The number of aromatic nitrogens is 3. The summed E-state index contributed by atoms with van der Waals surface area (Å²) in [5, 5.41) is 3.26. The molecule has 0 saturated heterocycles. The van der Waals surface area contributed by atoms with Crippen molar-refractivity contribution in [1.82, 2.24) is 15.0 Å². The highest BCUT2D eigenvalue weighted by Crippen LogP contribution is 2.25. The van der Waals surface area contributed by atoms with E-state index in [-0.39, 0.29) is 0 Å². The van der Waals surface area contributed by atoms with Crippen LogP contribution in [0.2, 0.25) is 0 Å². The van der Waals surface area contributed by atoms with Crippen molar-refractivity contribution < 1.29 is 0 Å². The zero-order chi connectivity index (χ0) is 19.2. The number of pyridine rings is 1. The Bertz CT molecular complexity index is 1010. The van der Waals surface area contributed by atoms with Crippen molar-refractivity contribution in [2.45, 2.75) is 33.6 Å². The second-order valence-electron chi connectivity index (χ2n) is 6.31. The summed E-state index contributed by atoms with van der Waals surface area (Å²) in [6, 6.07) is 10.3. The topological polar surface area (TPSA) is 66.0 Å². The lowest BCUT2D eigenvalue weighted by atomic mass is 10.00. The number of fused-ring (bicyclic) bond motifs is 1. The molecule has 1 aromatic carbocycles. The van der Waals surface area contributed by atoms with Crippen LogP contribution >= 0.6 is 0 Å². The number of anilines is 2. The molecule has 0 radical (unpaired) electrons. The predicted octanol–water partition coefficient (Wildman–Crippen LogP) is 5.66. The maximum atomic E-state index is 4.62. The molecule has 0 atom stereocenters. The number of aromatic amines is 1. The molecule has 0 amide bonds. The number of hydrogen-bond acceptors (Lipinski definition) is 4. The minimum absolute atomic E-state index is 0.688. The molecule has 5 heteroatoms. The van der Waals surface area contributed by atoms with Crippen LogP contribution in [-0.2, 0) is 6.42 Å². The minimum atomic E-state index is 0.688. The Morgan fingerprint density at radius 1 is 1.26 bits per heavy atom. The summed E-state index contributed by atoms with van der Waals surface area (Å²) in [5.74, 6) is 1.48. The van der Waals surface area contributed by atoms with Crippen molar-refractivity contribution in [3.63, 3.8) is 0 Å². The maximum absolute atomic E-state index is 4.62. The summed E-state index contributed by atoms with van der Waals surface area (Å²) in [4.78, 5) is 16.5. The van der Waals surface area contributed by atoms with Gasteiger partial charge in [0.25, 0.3) is 0 Å². The molecule has 27 heavy (non-hydrogen) atoms. The van der Waals surface area contributed by atoms with E-state index in [0.717, 1.165) is 35.3 Å². The predicted molar refractivity (Wildman–Crippen MR) is 115 cm³/mol. The van der Waals surface area contributed by atoms with Gasteiger partial charge in [-0.2, -0.15) is 0 Å². The summed E-state index contributed by atoms with van der Waals surface area (Å²) in [6.45, 7) is 10.0. The average Bonchev–Trinajstić information content (AvgIpc) is 3.09. The third kappa shape index (κ3) is 4.31. The first-order valence-electron chi connectivity index (χ1n) is 9.20. The Morgan fingerprint density at radius 2 is 2.11 bits per heavy atom. The number of rotatable bonds is 7. The van der Waals surface area contributed by atoms with E-state index in [4.69, 9.17) is 0 Å². The van der Waals surface area contributed by atoms with Gasteiger partial charge >= 0.3 is 0 Å². The van der Waals surface area contributed by atoms with Crippen molar-refractivity contribution in [3.8, 4) is 0 Å². The second-order valence-corrected chi connectivity index (χ2v) is 6.31. The molecule has 0 aliphatic rings. The van der Waals surface area contributed by atoms with Gasteiger partial charge in [0, 0.05) is 18.6 Å². The van der Waals surface area contributed by atoms with Gasteiger partial charge in [-0.05, 0) is 66.3 Å². The number of aryl methyl sites for hydroxylation is 1. The fourth-order valence-electron chi connectivity index (χ4n) is 2.97. The quantitative estimate of drug-likeness (QED) is 0.535. The van der Waals surface area contributed by atoms with Crippen LogP contribution in [0, 0.1) is 0 Å². The maximum Gasteiger partial charge on any atom is 0.206 e. The molecular formula is C22H25N5. The Hall–Kier alpha value is -3.21. The molecule has 2 heterocycles. The fraction of sp³-hybridized carbons (Fsp3) is 0.227. The van der Waals surface area contributed by atoms with Gasteiger partial charge in [-0.25, -0.2) is 9.97 Å². The fourth-order valence-corrected chi connectivity index (χ4v) is 2.97. The van der Waals surface area contributed by atoms with E-state index in [1.54, 1.807) is 6.20 Å². The van der Waals surface area contributed by atoms with Crippen LogP contribution in [0.25, 0.3) is 16.6 Å². The number of nitrogens with zero attached hydrogens (tertiary/aromatic N) is 3. The van der Waals surface area contributed by atoms with Gasteiger partial charge in [0.05, 0.1) is 11.0 Å². The Balaban J connectivity index is 1.91. The van der Waals surface area contributed by atoms with E-state index in [9.17, 15) is 0 Å². The number of hydrogen-bond donors (Lipinski definition) is 2. The molecule has 0 unspecified atom stereocenters. The molecule has 2 aromatic heterocycles. The molecule has 0 aliphatic heterocycles. The zero-order valence-corrected chi connectivity index (χ0v) is 16.1. The van der Waals surface area contributed by atoms with Crippen LogP contribution in [0.4, 0.5) is 11.8 Å². The molecule has 5 nitrogen and oxygen atoms in total. The normalized spacial score (nSPS) is 12.4. The van der Waals surface area contributed by atoms with Crippen LogP contribution in [0.1, 0.15) is 38.3 Å². The number of H-pyrrole nitrogens is 1. The molecule has 2 N–H and O–H groups in total. The van der Waals surface area contributed by atoms with Gasteiger partial charge in [0.2, 0.25) is 5.95 Å². The number of allylic oxidation sites excluding steroid dienone is 2. The van der Waals surface area contributed by atoms with Crippen molar-refractivity contribution >= 4 is 34.6 Å². The molecule has 0 bridgehead atoms. The molecule has 3 rings (SSSR count). The highest BCUT2D eigenvalue weighted by Gasteiger charge is 2.08. The summed E-state index contributed by atoms with van der Waals surface area (Å²) in [5.41, 5.74) is 6.67. The molecule has 0 aliphatic carbocycles. The third-order valence-electron chi connectivity index (χ3n) is 4.59. The lowest BCUT2D eigenvalue weighted by Gasteiger charge is -2.06. The minimum Gasteiger partial charge on any atom is -0.324 e. The number of imidazole rings is 1. The molecule has 0 spiro atoms. The van der Waals surface area contributed by atoms with Crippen LogP contribution in [0.15, 0.2) is 59.9 Å². The van der Waals surface area contributed by atoms with Crippen molar-refractivity contribution in [1.29, 1.82) is 0 Å². The van der Waals surface area contributed by atoms with Crippen LogP contribution in [0.5, 0.6) is 0 Å². The third-order valence-corrected chi connectivity index (χ3v) is 4.59. The lowest BCUT2D eigenvalue weighted by molar-refractivity contribution is 1.11. The lowest BCUT2D eigenvalue weighted by Crippen LogP contribution is -1.95. The highest BCUT2D eigenvalue weighted by molar-refractivity contribution is 5.92. The SMILES string of the molecule is C=C/N=C\C(CC)=C(/C)c1ccc2nc(Nc3cc(CC)ccn3)[nH]c2c1. The summed E-state index contributed by atoms with van der Waals surface area (Å²) in [7, 11) is 0. The Labute approximate surface area is 160 Å². The van der Waals surface area contributed by atoms with Gasteiger partial charge in [0.1, 0.15) is 5.82 Å². The van der Waals surface area contributed by atoms with Crippen molar-refractivity contribution in [2.75, 3.05) is 5.32 Å². The molecular weight excluding hydrogens is 334 g/mol. The van der Waals surface area contributed by atoms with Gasteiger partial charge in [-0.1, -0.05) is 26.5 Å². The van der Waals surface area contributed by atoms with Crippen LogP contribution < -0.4 is 5.32 Å². The molecule has 3 aromatic rings. The summed E-state index contributed by atoms with van der Waals surface area (Å²) >= 11 is 0. The van der Waals surface area contributed by atoms with Crippen LogP contribution in [-0.4, -0.2) is 21.2 Å². The van der Waals surface area contributed by atoms with Crippen molar-refractivity contribution in [3.05, 3.63) is 66.0 Å². The largest absolute Gasteiger partial charge is 0.324 e. The first-order chi connectivity index (χ1) is 13.1. The van der Waals surface area contributed by atoms with Gasteiger partial charge in [-0.3, -0.25) is 4.99 Å². The van der Waals surface area contributed by atoms with Crippen LogP contribution in [0.3, 0.4) is 0 Å². The van der Waals surface area contributed by atoms with Crippen molar-refractivity contribution in [2.24, 2.45) is 4.99 Å². The van der Waals surface area contributed by atoms with E-state index in [1.165, 1.54) is 16.7 Å². The van der Waals surface area contributed by atoms with E-state index >= 15 is 0 Å². The summed E-state index contributed by atoms with van der Waals surface area (Å²) in [6.07, 6.45) is 7.13. The molecule has 138 valence electrons. The van der Waals surface area contributed by atoms with Gasteiger partial charge < -0.3 is 10.3 Å². The monoisotopic (exact) mass is 359 g/mol. The first kappa shape index (κ1) is 18.6.